The normalized spacial score (nSPS) is 47.2. The summed E-state index contributed by atoms with van der Waals surface area (Å²) in [5.41, 5.74) is 1.09. The molecule has 4 aliphatic carbocycles. The van der Waals surface area contributed by atoms with E-state index >= 15 is 0 Å². The van der Waals surface area contributed by atoms with Crippen molar-refractivity contribution in [1.82, 2.24) is 0 Å². The monoisotopic (exact) mass is 358 g/mol. The summed E-state index contributed by atoms with van der Waals surface area (Å²) in [6.45, 7) is 6.58. The number of ketones is 2. The van der Waals surface area contributed by atoms with Gasteiger partial charge in [0.15, 0.2) is 11.6 Å². The van der Waals surface area contributed by atoms with Crippen LogP contribution in [0.25, 0.3) is 0 Å². The molecule has 0 bridgehead atoms. The molecule has 2 N–H and O–H groups in total. The SMILES string of the molecule is C[C@@H]1C[C@H]2[C@@H]3CCC4=CC(=O)C=C[C@]4(C)[C@H]3CC[C@]2(C)[C@H]1C(=O)C(O)O. The Hall–Kier alpha value is -1.26. The van der Waals surface area contributed by atoms with Gasteiger partial charge in [0, 0.05) is 11.3 Å². The van der Waals surface area contributed by atoms with Gasteiger partial charge in [-0.15, -0.1) is 0 Å². The summed E-state index contributed by atoms with van der Waals surface area (Å²) in [4.78, 5) is 24.4. The van der Waals surface area contributed by atoms with Crippen molar-refractivity contribution in [2.75, 3.05) is 0 Å². The van der Waals surface area contributed by atoms with E-state index in [0.29, 0.717) is 17.8 Å². The molecule has 4 heteroatoms. The number of carbonyl (C=O) groups is 2. The first-order valence-electron chi connectivity index (χ1n) is 10.0. The summed E-state index contributed by atoms with van der Waals surface area (Å²) in [6, 6.07) is 0. The maximum atomic E-state index is 12.5. The second kappa shape index (κ2) is 5.87. The molecule has 7 atom stereocenters. The molecule has 3 fully saturated rings. The molecule has 0 aromatic carbocycles. The maximum Gasteiger partial charge on any atom is 0.213 e. The Morgan fingerprint density at radius 2 is 1.96 bits per heavy atom. The number of rotatable bonds is 2. The van der Waals surface area contributed by atoms with Crippen LogP contribution in [0.3, 0.4) is 0 Å². The lowest BCUT2D eigenvalue weighted by Gasteiger charge is -2.57. The summed E-state index contributed by atoms with van der Waals surface area (Å²) in [5, 5.41) is 19.0. The molecule has 0 aromatic heterocycles. The summed E-state index contributed by atoms with van der Waals surface area (Å²) in [5.74, 6) is 1.11. The van der Waals surface area contributed by atoms with Crippen molar-refractivity contribution in [3.63, 3.8) is 0 Å². The summed E-state index contributed by atoms with van der Waals surface area (Å²) < 4.78 is 0. The lowest BCUT2D eigenvalue weighted by molar-refractivity contribution is -0.157. The summed E-state index contributed by atoms with van der Waals surface area (Å²) in [7, 11) is 0. The van der Waals surface area contributed by atoms with Gasteiger partial charge in [0.25, 0.3) is 0 Å². The van der Waals surface area contributed by atoms with E-state index in [-0.39, 0.29) is 28.4 Å². The van der Waals surface area contributed by atoms with Gasteiger partial charge in [-0.25, -0.2) is 0 Å². The van der Waals surface area contributed by atoms with Crippen molar-refractivity contribution in [2.45, 2.75) is 59.2 Å². The largest absolute Gasteiger partial charge is 0.362 e. The number of hydrogen-bond donors (Lipinski definition) is 2. The highest BCUT2D eigenvalue weighted by atomic mass is 16.5. The zero-order valence-electron chi connectivity index (χ0n) is 15.9. The van der Waals surface area contributed by atoms with Crippen molar-refractivity contribution >= 4 is 11.6 Å². The number of hydrogen-bond acceptors (Lipinski definition) is 4. The average molecular weight is 358 g/mol. The van der Waals surface area contributed by atoms with Crippen molar-refractivity contribution < 1.29 is 19.8 Å². The molecule has 4 nitrogen and oxygen atoms in total. The van der Waals surface area contributed by atoms with Crippen LogP contribution in [0.1, 0.15) is 52.9 Å². The van der Waals surface area contributed by atoms with Crippen molar-refractivity contribution in [2.24, 2.45) is 40.4 Å². The van der Waals surface area contributed by atoms with Crippen LogP contribution in [0, 0.1) is 40.4 Å². The molecule has 0 aliphatic heterocycles. The Morgan fingerprint density at radius 1 is 1.23 bits per heavy atom. The van der Waals surface area contributed by atoms with Gasteiger partial charge in [-0.2, -0.15) is 0 Å². The van der Waals surface area contributed by atoms with Crippen LogP contribution < -0.4 is 0 Å². The average Bonchev–Trinajstić information content (AvgIpc) is 2.85. The molecule has 0 saturated heterocycles. The van der Waals surface area contributed by atoms with Gasteiger partial charge in [0.2, 0.25) is 6.29 Å². The Labute approximate surface area is 155 Å². The van der Waals surface area contributed by atoms with E-state index in [1.807, 2.05) is 6.08 Å². The van der Waals surface area contributed by atoms with E-state index in [0.717, 1.165) is 32.1 Å². The van der Waals surface area contributed by atoms with Crippen molar-refractivity contribution in [1.29, 1.82) is 0 Å². The number of aliphatic hydroxyl groups is 2. The minimum atomic E-state index is -1.86. The fourth-order valence-electron chi connectivity index (χ4n) is 7.33. The smallest absolute Gasteiger partial charge is 0.213 e. The third-order valence-corrected chi connectivity index (χ3v) is 8.46. The minimum absolute atomic E-state index is 0.0417. The topological polar surface area (TPSA) is 74.6 Å². The van der Waals surface area contributed by atoms with Gasteiger partial charge in [0.05, 0.1) is 0 Å². The van der Waals surface area contributed by atoms with E-state index in [2.05, 4.69) is 26.8 Å². The van der Waals surface area contributed by atoms with Crippen molar-refractivity contribution in [3.05, 3.63) is 23.8 Å². The van der Waals surface area contributed by atoms with Crippen molar-refractivity contribution in [3.8, 4) is 0 Å². The summed E-state index contributed by atoms with van der Waals surface area (Å²) in [6.07, 6.45) is 8.82. The standard InChI is InChI=1S/C22H30O4/c1-12-10-17-15-5-4-13-11-14(23)6-8-21(13,2)16(15)7-9-22(17,3)18(12)19(24)20(25)26/h6,8,11-12,15-18,20,25-26H,4-5,7,9-10H2,1-3H3/t12-,15-,16+,17+,18-,21+,22+/m1/s1. The fourth-order valence-corrected chi connectivity index (χ4v) is 7.33. The van der Waals surface area contributed by atoms with Gasteiger partial charge in [-0.05, 0) is 73.3 Å². The molecule has 26 heavy (non-hydrogen) atoms. The van der Waals surface area contributed by atoms with Gasteiger partial charge in [-0.1, -0.05) is 32.4 Å². The number of allylic oxidation sites excluding steroid dienone is 4. The summed E-state index contributed by atoms with van der Waals surface area (Å²) >= 11 is 0. The second-order valence-corrected chi connectivity index (χ2v) is 9.61. The first kappa shape index (κ1) is 18.1. The van der Waals surface area contributed by atoms with Crippen LogP contribution in [-0.2, 0) is 9.59 Å². The van der Waals surface area contributed by atoms with Gasteiger partial charge >= 0.3 is 0 Å². The first-order valence-corrected chi connectivity index (χ1v) is 10.0. The second-order valence-electron chi connectivity index (χ2n) is 9.61. The van der Waals surface area contributed by atoms with E-state index < -0.39 is 12.1 Å². The van der Waals surface area contributed by atoms with E-state index in [4.69, 9.17) is 0 Å². The van der Waals surface area contributed by atoms with Gasteiger partial charge in [-0.3, -0.25) is 9.59 Å². The minimum Gasteiger partial charge on any atom is -0.362 e. The Kier molecular flexibility index (Phi) is 4.09. The molecule has 0 radical (unpaired) electrons. The third kappa shape index (κ3) is 2.34. The lowest BCUT2D eigenvalue weighted by Crippen LogP contribution is -2.51. The molecule has 0 amide bonds. The van der Waals surface area contributed by atoms with Crippen LogP contribution in [0.15, 0.2) is 23.8 Å². The molecule has 0 unspecified atom stereocenters. The molecule has 0 spiro atoms. The molecule has 0 heterocycles. The fraction of sp³-hybridized carbons (Fsp3) is 0.727. The maximum absolute atomic E-state index is 12.5. The van der Waals surface area contributed by atoms with Crippen LogP contribution >= 0.6 is 0 Å². The highest BCUT2D eigenvalue weighted by molar-refractivity contribution is 6.01. The molecule has 0 aromatic rings. The Morgan fingerprint density at radius 3 is 2.65 bits per heavy atom. The van der Waals surface area contributed by atoms with Crippen LogP contribution in [-0.4, -0.2) is 28.1 Å². The van der Waals surface area contributed by atoms with Gasteiger partial charge < -0.3 is 10.2 Å². The predicted octanol–water partition coefficient (Wildman–Crippen LogP) is 3.04. The first-order chi connectivity index (χ1) is 12.2. The van der Waals surface area contributed by atoms with E-state index in [9.17, 15) is 19.8 Å². The Balaban J connectivity index is 1.68. The lowest BCUT2D eigenvalue weighted by atomic mass is 9.47. The highest BCUT2D eigenvalue weighted by Crippen LogP contribution is 2.67. The molecular formula is C22H30O4. The van der Waals surface area contributed by atoms with Crippen LogP contribution in [0.2, 0.25) is 0 Å². The number of carbonyl (C=O) groups excluding carboxylic acids is 2. The molecule has 3 saturated carbocycles. The van der Waals surface area contributed by atoms with E-state index in [1.165, 1.54) is 5.57 Å². The highest BCUT2D eigenvalue weighted by Gasteiger charge is 2.62. The van der Waals surface area contributed by atoms with Crippen LogP contribution in [0.4, 0.5) is 0 Å². The van der Waals surface area contributed by atoms with Crippen LogP contribution in [0.5, 0.6) is 0 Å². The Bertz CT molecular complexity index is 705. The predicted molar refractivity (Wildman–Crippen MR) is 97.9 cm³/mol. The molecule has 142 valence electrons. The molecular weight excluding hydrogens is 328 g/mol. The van der Waals surface area contributed by atoms with E-state index in [1.54, 1.807) is 6.08 Å². The number of Topliss-reactive ketones (excluding diaryl/α,β-unsaturated/α-hetero) is 1. The molecule has 4 rings (SSSR count). The number of aliphatic hydroxyl groups excluding tert-OH is 1. The zero-order valence-corrected chi connectivity index (χ0v) is 15.9. The quantitative estimate of drug-likeness (QED) is 0.744. The third-order valence-electron chi connectivity index (χ3n) is 8.46. The number of fused-ring (bicyclic) bond motifs is 5. The van der Waals surface area contributed by atoms with Gasteiger partial charge in [0.1, 0.15) is 0 Å². The molecule has 4 aliphatic rings. The zero-order chi connectivity index (χ0) is 18.9.